The first kappa shape index (κ1) is 69.5. The number of aryl methyl sites for hydroxylation is 4. The number of hydrogen-bond acceptors (Lipinski definition) is 28. The van der Waals surface area contributed by atoms with Gasteiger partial charge in [-0.3, -0.25) is 48.7 Å². The number of nitrogen functional groups attached to an aromatic ring is 1. The molecule has 3 aromatic carbocycles. The summed E-state index contributed by atoms with van der Waals surface area (Å²) >= 11 is 5.78. The molecule has 39 nitrogen and oxygen atoms in total. The maximum absolute atomic E-state index is 10.7. The summed E-state index contributed by atoms with van der Waals surface area (Å²) in [6.45, 7) is 3.33. The smallest absolute Gasteiger partial charge is 0.306 e. The Bertz CT molecular complexity index is 4620. The number of nitrogens with zero attached hydrogens (tertiary/aromatic N) is 23. The number of halogens is 1. The SMILES string of the molecule is NCCCn1cc([N+](=O)[O-])cn1.Nc1cnn(CCCCc2ncc3nnn(-c4ccc(OCCC(=O)O)cc4)c3n2)c1.O=C(O)CCOc1ccc(-n2nnc3cnc(Cl)nc32)cc1.O=C(O)CCOc1ccc(-n2nnc3cnc(NCCCn4cc([N+](=O)[O-])cn4)nc32)cc1.[HH]. The van der Waals surface area contributed by atoms with Crippen LogP contribution < -0.4 is 31.0 Å². The summed E-state index contributed by atoms with van der Waals surface area (Å²) in [5, 5.41) is 86.5. The lowest BCUT2D eigenvalue weighted by Crippen LogP contribution is -2.09. The van der Waals surface area contributed by atoms with Crippen LogP contribution in [0.15, 0.2) is 129 Å². The van der Waals surface area contributed by atoms with Gasteiger partial charge >= 0.3 is 29.3 Å². The number of carbonyl (C=O) groups is 3. The zero-order valence-electron chi connectivity index (χ0n) is 51.7. The number of ether oxygens (including phenoxy) is 3. The van der Waals surface area contributed by atoms with E-state index in [0.29, 0.717) is 101 Å². The average molecular weight is 1370 g/mol. The van der Waals surface area contributed by atoms with Gasteiger partial charge in [-0.2, -0.15) is 39.3 Å². The molecule has 510 valence electrons. The molecule has 0 radical (unpaired) electrons. The predicted octanol–water partition coefficient (Wildman–Crippen LogP) is 5.64. The summed E-state index contributed by atoms with van der Waals surface area (Å²) in [6, 6.07) is 21.1. The molecule has 0 aliphatic rings. The number of benzene rings is 3. The third-order valence-corrected chi connectivity index (χ3v) is 13.6. The van der Waals surface area contributed by atoms with Crippen LogP contribution in [0.1, 0.15) is 52.2 Å². The fourth-order valence-corrected chi connectivity index (χ4v) is 8.77. The molecular weight excluding hydrogens is 1300 g/mol. The van der Waals surface area contributed by atoms with Crippen LogP contribution in [0.2, 0.25) is 5.28 Å². The molecule has 0 saturated heterocycles. The molecule has 12 rings (SSSR count). The number of carboxylic acid groups (broad SMARTS) is 3. The van der Waals surface area contributed by atoms with E-state index in [2.05, 4.69) is 81.5 Å². The van der Waals surface area contributed by atoms with E-state index in [1.165, 1.54) is 45.0 Å². The molecule has 98 heavy (non-hydrogen) atoms. The number of aliphatic carboxylic acids is 3. The van der Waals surface area contributed by atoms with Crippen molar-refractivity contribution in [1.82, 2.24) is 104 Å². The maximum Gasteiger partial charge on any atom is 0.306 e. The summed E-state index contributed by atoms with van der Waals surface area (Å²) < 4.78 is 25.7. The molecule has 0 aliphatic heterocycles. The van der Waals surface area contributed by atoms with Crippen molar-refractivity contribution in [3.8, 4) is 34.3 Å². The fourth-order valence-electron chi connectivity index (χ4n) is 8.64. The zero-order valence-corrected chi connectivity index (χ0v) is 52.4. The maximum atomic E-state index is 10.7. The molecule has 12 aromatic rings. The van der Waals surface area contributed by atoms with Crippen LogP contribution in [0.3, 0.4) is 0 Å². The van der Waals surface area contributed by atoms with E-state index in [1.54, 1.807) is 88.6 Å². The minimum absolute atomic E-state index is 0. The molecule has 0 fully saturated rings. The van der Waals surface area contributed by atoms with Gasteiger partial charge in [0.2, 0.25) is 11.2 Å². The average Bonchev–Trinajstić information content (AvgIpc) is 1.69. The lowest BCUT2D eigenvalue weighted by molar-refractivity contribution is -0.385. The number of hydrogen-bond donors (Lipinski definition) is 6. The standard InChI is InChI=1S/C20H22N8O3.C19H19N9O5.C13H10ClN5O3.C6H10N4O2.H2/c21-14-11-23-27(13-14)9-2-1-3-18-22-12-17-20(24-18)28(26-25-17)15-4-6-16(7-5-15)31-10-8-19(29)30;29-17(30)6-9-33-15-4-2-13(3-5-15)27-18-16(24-25-27)11-21-19(23-18)20-7-1-8-26-12-14(10-22-26)28(31)32;14-13-15-7-10-12(16-13)19(18-17-10)8-1-3-9(4-2-8)22-6-5-11(20)21;7-2-1-3-9-5-6(4-8-9)10(11)12;/h4-7,11-13H,1-3,8-10,21H2,(H,29,30);2-5,10-12H,1,6-9H2,(H,29,30)(H,20,21,23);1-4,7H,5-6H2,(H,20,21);4-5H,1-3,7H2;1H. The Labute approximate surface area is 558 Å². The van der Waals surface area contributed by atoms with Gasteiger partial charge in [-0.25, -0.2) is 19.9 Å². The van der Waals surface area contributed by atoms with Crippen LogP contribution in [-0.4, -0.2) is 180 Å². The molecule has 9 heterocycles. The van der Waals surface area contributed by atoms with E-state index in [1.807, 2.05) is 23.0 Å². The Morgan fingerprint density at radius 1 is 0.531 bits per heavy atom. The summed E-state index contributed by atoms with van der Waals surface area (Å²) in [5.74, 6) is 0.107. The Balaban J connectivity index is 0.000000176. The Hall–Kier alpha value is -12.8. The van der Waals surface area contributed by atoms with E-state index in [9.17, 15) is 34.6 Å². The number of anilines is 2. The first-order chi connectivity index (χ1) is 47.4. The molecule has 0 aliphatic carbocycles. The van der Waals surface area contributed by atoms with Gasteiger partial charge < -0.3 is 46.3 Å². The lowest BCUT2D eigenvalue weighted by atomic mass is 10.2. The molecule has 0 amide bonds. The minimum Gasteiger partial charge on any atom is -0.493 e. The molecule has 0 saturated carbocycles. The molecule has 0 spiro atoms. The second-order valence-electron chi connectivity index (χ2n) is 20.6. The third-order valence-electron chi connectivity index (χ3n) is 13.4. The third kappa shape index (κ3) is 20.3. The Kier molecular flexibility index (Phi) is 24.4. The van der Waals surface area contributed by atoms with Gasteiger partial charge in [0.05, 0.1) is 96.5 Å². The van der Waals surface area contributed by atoms with E-state index >= 15 is 0 Å². The van der Waals surface area contributed by atoms with Crippen molar-refractivity contribution >= 4 is 86.0 Å². The minimum atomic E-state index is -0.921. The molecule has 0 bridgehead atoms. The number of nitrogens with two attached hydrogens (primary N) is 2. The van der Waals surface area contributed by atoms with Crippen molar-refractivity contribution < 1.29 is 55.2 Å². The largest absolute Gasteiger partial charge is 0.493 e. The molecule has 0 atom stereocenters. The van der Waals surface area contributed by atoms with Gasteiger partial charge in [0.15, 0.2) is 33.5 Å². The van der Waals surface area contributed by atoms with Gasteiger partial charge in [0.25, 0.3) is 0 Å². The van der Waals surface area contributed by atoms with Crippen molar-refractivity contribution in [2.24, 2.45) is 5.73 Å². The van der Waals surface area contributed by atoms with Gasteiger partial charge in [0, 0.05) is 40.2 Å². The van der Waals surface area contributed by atoms with E-state index in [4.69, 9.17) is 52.6 Å². The van der Waals surface area contributed by atoms with E-state index < -0.39 is 27.8 Å². The zero-order chi connectivity index (χ0) is 69.3. The van der Waals surface area contributed by atoms with Crippen LogP contribution in [0.4, 0.5) is 23.0 Å². The lowest BCUT2D eigenvalue weighted by Gasteiger charge is -2.07. The van der Waals surface area contributed by atoms with Gasteiger partial charge in [-0.05, 0) is 117 Å². The summed E-state index contributed by atoms with van der Waals surface area (Å²) in [6.07, 6.45) is 17.3. The highest BCUT2D eigenvalue weighted by Crippen LogP contribution is 2.23. The first-order valence-corrected chi connectivity index (χ1v) is 30.1. The Morgan fingerprint density at radius 2 is 0.949 bits per heavy atom. The second kappa shape index (κ2) is 34.4. The summed E-state index contributed by atoms with van der Waals surface area (Å²) in [7, 11) is 0. The first-order valence-electron chi connectivity index (χ1n) is 29.8. The number of nitro groups is 2. The van der Waals surface area contributed by atoms with Crippen LogP contribution in [-0.2, 0) is 40.4 Å². The highest BCUT2D eigenvalue weighted by molar-refractivity contribution is 6.28. The van der Waals surface area contributed by atoms with Crippen LogP contribution in [0.25, 0.3) is 50.6 Å². The van der Waals surface area contributed by atoms with Crippen molar-refractivity contribution in [1.29, 1.82) is 0 Å². The van der Waals surface area contributed by atoms with Gasteiger partial charge in [0.1, 0.15) is 47.9 Å². The van der Waals surface area contributed by atoms with Crippen molar-refractivity contribution in [3.63, 3.8) is 0 Å². The number of unbranched alkanes of at least 4 members (excludes halogenated alkanes) is 1. The molecule has 40 heteroatoms. The van der Waals surface area contributed by atoms with Crippen molar-refractivity contribution in [2.75, 3.05) is 44.0 Å². The van der Waals surface area contributed by atoms with Gasteiger partial charge in [-0.1, -0.05) is 15.6 Å². The number of aromatic nitrogens is 21. The number of rotatable bonds is 30. The van der Waals surface area contributed by atoms with Crippen LogP contribution >= 0.6 is 11.6 Å². The predicted molar refractivity (Wildman–Crippen MR) is 348 cm³/mol. The quantitative estimate of drug-likeness (QED) is 0.0137. The normalized spacial score (nSPS) is 10.8. The number of fused-ring (bicyclic) bond motifs is 3. The highest BCUT2D eigenvalue weighted by atomic mass is 35.5. The number of nitrogens with one attached hydrogen (secondary N) is 1. The summed E-state index contributed by atoms with van der Waals surface area (Å²) in [4.78, 5) is 77.3. The molecule has 9 aromatic heterocycles. The summed E-state index contributed by atoms with van der Waals surface area (Å²) in [5.41, 5.74) is 17.1. The van der Waals surface area contributed by atoms with Gasteiger partial charge in [-0.15, -0.1) is 15.3 Å². The number of carboxylic acids is 3. The monoisotopic (exact) mass is 1370 g/mol. The van der Waals surface area contributed by atoms with Crippen LogP contribution in [0.5, 0.6) is 17.2 Å². The van der Waals surface area contributed by atoms with Crippen LogP contribution in [0, 0.1) is 20.2 Å². The van der Waals surface area contributed by atoms with Crippen molar-refractivity contribution in [3.05, 3.63) is 160 Å². The molecular formula is C58H63ClN26O13. The van der Waals surface area contributed by atoms with Crippen molar-refractivity contribution in [2.45, 2.75) is 71.0 Å². The second-order valence-corrected chi connectivity index (χ2v) is 20.9. The van der Waals surface area contributed by atoms with E-state index in [-0.39, 0.29) is 57.2 Å². The highest BCUT2D eigenvalue weighted by Gasteiger charge is 2.16. The molecule has 0 unspecified atom stereocenters. The molecule has 8 N–H and O–H groups in total. The Morgan fingerprint density at radius 3 is 1.39 bits per heavy atom. The fraction of sp³-hybridized carbons (Fsp3) is 0.276. The topological polar surface area (TPSA) is 513 Å². The van der Waals surface area contributed by atoms with E-state index in [0.717, 1.165) is 49.4 Å².